The van der Waals surface area contributed by atoms with Gasteiger partial charge in [0.1, 0.15) is 5.75 Å². The van der Waals surface area contributed by atoms with Crippen LogP contribution in [0, 0.1) is 6.92 Å². The molecular weight excluding hydrogens is 238 g/mol. The number of aromatic nitrogens is 2. The molecule has 0 saturated heterocycles. The van der Waals surface area contributed by atoms with Crippen LogP contribution in [0.2, 0.25) is 0 Å². The number of nitrogens with two attached hydrogens (primary N) is 1. The van der Waals surface area contributed by atoms with Gasteiger partial charge in [0.2, 0.25) is 11.8 Å². The Hall–Kier alpha value is -2.10. The number of hydrogen-bond acceptors (Lipinski definition) is 4. The first-order valence-corrected chi connectivity index (χ1v) is 6.24. The fourth-order valence-electron chi connectivity index (χ4n) is 1.82. The maximum Gasteiger partial charge on any atom is 0.226 e. The van der Waals surface area contributed by atoms with Crippen molar-refractivity contribution < 1.29 is 4.74 Å². The highest BCUT2D eigenvalue weighted by atomic mass is 16.5. The number of anilines is 1. The number of ether oxygens (including phenoxy) is 1. The fourth-order valence-corrected chi connectivity index (χ4v) is 1.82. The van der Waals surface area contributed by atoms with Crippen molar-refractivity contribution in [2.45, 2.75) is 33.1 Å². The number of benzene rings is 1. The minimum absolute atomic E-state index is 0.00305. The van der Waals surface area contributed by atoms with E-state index in [4.69, 9.17) is 10.5 Å². The summed E-state index contributed by atoms with van der Waals surface area (Å²) in [7, 11) is 0. The summed E-state index contributed by atoms with van der Waals surface area (Å²) in [4.78, 5) is 8.07. The summed E-state index contributed by atoms with van der Waals surface area (Å²) in [6.07, 6.45) is 1.66. The van der Waals surface area contributed by atoms with Gasteiger partial charge in [-0.05, 0) is 18.4 Å². The van der Waals surface area contributed by atoms with Crippen molar-refractivity contribution in [2.75, 3.05) is 5.73 Å². The van der Waals surface area contributed by atoms with Crippen LogP contribution < -0.4 is 10.5 Å². The number of nitrogens with zero attached hydrogens (tertiary/aromatic N) is 2. The first-order chi connectivity index (χ1) is 8.88. The van der Waals surface area contributed by atoms with Gasteiger partial charge < -0.3 is 10.5 Å². The second-order valence-corrected chi connectivity index (χ2v) is 5.56. The summed E-state index contributed by atoms with van der Waals surface area (Å²) >= 11 is 0. The summed E-state index contributed by atoms with van der Waals surface area (Å²) in [5.74, 6) is 1.52. The van der Waals surface area contributed by atoms with Gasteiger partial charge in [0.15, 0.2) is 0 Å². The highest BCUT2D eigenvalue weighted by Crippen LogP contribution is 2.34. The number of rotatable bonds is 2. The second-order valence-electron chi connectivity index (χ2n) is 5.56. The van der Waals surface area contributed by atoms with Crippen LogP contribution in [-0.2, 0) is 5.41 Å². The lowest BCUT2D eigenvalue weighted by atomic mass is 9.86. The van der Waals surface area contributed by atoms with Crippen LogP contribution in [0.4, 0.5) is 5.95 Å². The Morgan fingerprint density at radius 1 is 1.16 bits per heavy atom. The van der Waals surface area contributed by atoms with E-state index in [9.17, 15) is 0 Å². The summed E-state index contributed by atoms with van der Waals surface area (Å²) in [5.41, 5.74) is 7.60. The minimum atomic E-state index is 0.00305. The van der Waals surface area contributed by atoms with Crippen LogP contribution in [0.3, 0.4) is 0 Å². The standard InChI is InChI=1S/C15H19N3O/c1-10-9-17-14(16)18-13(10)19-12-8-6-5-7-11(12)15(2,3)4/h5-9H,1-4H3,(H2,16,17,18). The Morgan fingerprint density at radius 2 is 1.84 bits per heavy atom. The molecule has 4 heteroatoms. The zero-order chi connectivity index (χ0) is 14.0. The van der Waals surface area contributed by atoms with Crippen LogP contribution in [0.15, 0.2) is 30.5 Å². The molecule has 0 fully saturated rings. The molecule has 0 radical (unpaired) electrons. The highest BCUT2D eigenvalue weighted by Gasteiger charge is 2.19. The van der Waals surface area contributed by atoms with Crippen LogP contribution in [0.5, 0.6) is 11.6 Å². The van der Waals surface area contributed by atoms with Crippen molar-refractivity contribution >= 4 is 5.95 Å². The predicted molar refractivity (Wildman–Crippen MR) is 76.4 cm³/mol. The number of para-hydroxylation sites is 1. The molecule has 0 amide bonds. The van der Waals surface area contributed by atoms with Gasteiger partial charge in [-0.15, -0.1) is 0 Å². The van der Waals surface area contributed by atoms with Gasteiger partial charge in [0.05, 0.1) is 0 Å². The molecule has 0 unspecified atom stereocenters. The van der Waals surface area contributed by atoms with Crippen LogP contribution in [0.25, 0.3) is 0 Å². The molecule has 0 atom stereocenters. The van der Waals surface area contributed by atoms with E-state index in [1.165, 1.54) is 0 Å². The fraction of sp³-hybridized carbons (Fsp3) is 0.333. The van der Waals surface area contributed by atoms with Crippen molar-refractivity contribution in [3.63, 3.8) is 0 Å². The van der Waals surface area contributed by atoms with Gasteiger partial charge in [-0.1, -0.05) is 39.0 Å². The summed E-state index contributed by atoms with van der Waals surface area (Å²) in [6, 6.07) is 7.96. The van der Waals surface area contributed by atoms with Crippen LogP contribution in [-0.4, -0.2) is 9.97 Å². The molecular formula is C15H19N3O. The van der Waals surface area contributed by atoms with E-state index in [0.717, 1.165) is 16.9 Å². The van der Waals surface area contributed by atoms with Crippen molar-refractivity contribution in [1.29, 1.82) is 0 Å². The van der Waals surface area contributed by atoms with Gasteiger partial charge in [-0.2, -0.15) is 4.98 Å². The van der Waals surface area contributed by atoms with Crippen LogP contribution in [0.1, 0.15) is 31.9 Å². The molecule has 2 aromatic rings. The largest absolute Gasteiger partial charge is 0.438 e. The molecule has 2 rings (SSSR count). The van der Waals surface area contributed by atoms with E-state index in [2.05, 4.69) is 36.8 Å². The Morgan fingerprint density at radius 3 is 2.53 bits per heavy atom. The Balaban J connectivity index is 2.41. The minimum Gasteiger partial charge on any atom is -0.438 e. The summed E-state index contributed by atoms with van der Waals surface area (Å²) < 4.78 is 5.92. The lowest BCUT2D eigenvalue weighted by Gasteiger charge is -2.22. The molecule has 1 heterocycles. The number of hydrogen-bond donors (Lipinski definition) is 1. The first kappa shape index (κ1) is 13.3. The molecule has 0 bridgehead atoms. The van der Waals surface area contributed by atoms with E-state index >= 15 is 0 Å². The highest BCUT2D eigenvalue weighted by molar-refractivity contribution is 5.42. The third-order valence-corrected chi connectivity index (χ3v) is 2.85. The predicted octanol–water partition coefficient (Wildman–Crippen LogP) is 3.46. The molecule has 0 saturated carbocycles. The van der Waals surface area contributed by atoms with Gasteiger partial charge in [-0.3, -0.25) is 0 Å². The van der Waals surface area contributed by atoms with Crippen molar-refractivity contribution in [2.24, 2.45) is 0 Å². The van der Waals surface area contributed by atoms with E-state index in [-0.39, 0.29) is 11.4 Å². The van der Waals surface area contributed by atoms with Crippen molar-refractivity contribution in [3.05, 3.63) is 41.6 Å². The lowest BCUT2D eigenvalue weighted by molar-refractivity contribution is 0.436. The maximum atomic E-state index is 5.92. The average molecular weight is 257 g/mol. The molecule has 4 nitrogen and oxygen atoms in total. The van der Waals surface area contributed by atoms with Gasteiger partial charge in [0.25, 0.3) is 0 Å². The topological polar surface area (TPSA) is 61.0 Å². The van der Waals surface area contributed by atoms with Crippen LogP contribution >= 0.6 is 0 Å². The van der Waals surface area contributed by atoms with E-state index in [1.807, 2.05) is 25.1 Å². The third kappa shape index (κ3) is 3.02. The third-order valence-electron chi connectivity index (χ3n) is 2.85. The Labute approximate surface area is 113 Å². The lowest BCUT2D eigenvalue weighted by Crippen LogP contribution is -2.12. The molecule has 2 N–H and O–H groups in total. The average Bonchev–Trinajstić information content (AvgIpc) is 2.33. The molecule has 0 aliphatic heterocycles. The van der Waals surface area contributed by atoms with Gasteiger partial charge in [0, 0.05) is 17.3 Å². The molecule has 0 aliphatic carbocycles. The van der Waals surface area contributed by atoms with E-state index < -0.39 is 0 Å². The summed E-state index contributed by atoms with van der Waals surface area (Å²) in [6.45, 7) is 8.34. The zero-order valence-corrected chi connectivity index (χ0v) is 11.8. The monoisotopic (exact) mass is 257 g/mol. The van der Waals surface area contributed by atoms with E-state index in [1.54, 1.807) is 6.20 Å². The SMILES string of the molecule is Cc1cnc(N)nc1Oc1ccccc1C(C)(C)C. The normalized spacial score (nSPS) is 11.4. The molecule has 19 heavy (non-hydrogen) atoms. The molecule has 1 aromatic heterocycles. The Bertz CT molecular complexity index is 588. The quantitative estimate of drug-likeness (QED) is 0.895. The smallest absolute Gasteiger partial charge is 0.226 e. The zero-order valence-electron chi connectivity index (χ0n) is 11.8. The first-order valence-electron chi connectivity index (χ1n) is 6.24. The van der Waals surface area contributed by atoms with Gasteiger partial charge in [-0.25, -0.2) is 4.98 Å². The Kier molecular flexibility index (Phi) is 3.42. The second kappa shape index (κ2) is 4.88. The van der Waals surface area contributed by atoms with Crippen molar-refractivity contribution in [1.82, 2.24) is 9.97 Å². The number of aryl methyl sites for hydroxylation is 1. The van der Waals surface area contributed by atoms with Crippen molar-refractivity contribution in [3.8, 4) is 11.6 Å². The molecule has 1 aromatic carbocycles. The molecule has 0 aliphatic rings. The molecule has 100 valence electrons. The van der Waals surface area contributed by atoms with E-state index in [0.29, 0.717) is 5.88 Å². The summed E-state index contributed by atoms with van der Waals surface area (Å²) in [5, 5.41) is 0. The van der Waals surface area contributed by atoms with Gasteiger partial charge >= 0.3 is 0 Å². The molecule has 0 spiro atoms. The maximum absolute atomic E-state index is 5.92. The number of nitrogen functional groups attached to an aromatic ring is 1.